The summed E-state index contributed by atoms with van der Waals surface area (Å²) in [5.41, 5.74) is 3.01. The molecule has 0 saturated heterocycles. The molecule has 0 aliphatic rings. The minimum Gasteiger partial charge on any atom is -0.469 e. The number of nitrogens with zero attached hydrogens (tertiary/aromatic N) is 5. The summed E-state index contributed by atoms with van der Waals surface area (Å²) in [7, 11) is 0. The van der Waals surface area contributed by atoms with Gasteiger partial charge in [0.1, 0.15) is 12.9 Å². The van der Waals surface area contributed by atoms with Gasteiger partial charge < -0.3 is 4.74 Å². The topological polar surface area (TPSA) is 98.6 Å². The van der Waals surface area contributed by atoms with E-state index in [1.165, 1.54) is 17.1 Å². The van der Waals surface area contributed by atoms with Crippen LogP contribution < -0.4 is 10.3 Å². The Hall–Kier alpha value is -3.81. The maximum atomic E-state index is 12.1. The van der Waals surface area contributed by atoms with Crippen molar-refractivity contribution in [2.75, 3.05) is 0 Å². The minimum absolute atomic E-state index is 0.0416. The molecule has 0 unspecified atom stereocenters. The predicted molar refractivity (Wildman–Crippen MR) is 108 cm³/mol. The monoisotopic (exact) mass is 388 g/mol. The third-order valence-corrected chi connectivity index (χ3v) is 4.33. The minimum atomic E-state index is -0.134. The van der Waals surface area contributed by atoms with Crippen LogP contribution in [0.5, 0.6) is 5.88 Å². The van der Waals surface area contributed by atoms with E-state index in [0.717, 1.165) is 16.8 Å². The molecule has 0 amide bonds. The van der Waals surface area contributed by atoms with Crippen LogP contribution in [0.25, 0.3) is 22.5 Å². The van der Waals surface area contributed by atoms with Crippen LogP contribution >= 0.6 is 0 Å². The van der Waals surface area contributed by atoms with E-state index in [2.05, 4.69) is 20.3 Å². The summed E-state index contributed by atoms with van der Waals surface area (Å²) in [6.07, 6.45) is 1.43. The highest BCUT2D eigenvalue weighted by Gasteiger charge is 2.14. The lowest BCUT2D eigenvalue weighted by Crippen LogP contribution is -2.24. The van der Waals surface area contributed by atoms with E-state index in [9.17, 15) is 4.79 Å². The molecule has 3 aromatic heterocycles. The highest BCUT2D eigenvalue weighted by molar-refractivity contribution is 5.79. The number of nitrogens with one attached hydrogen (secondary N) is 1. The number of hydrogen-bond acceptors (Lipinski definition) is 6. The fourth-order valence-electron chi connectivity index (χ4n) is 2.93. The van der Waals surface area contributed by atoms with Gasteiger partial charge in [-0.2, -0.15) is 10.2 Å². The van der Waals surface area contributed by atoms with Gasteiger partial charge >= 0.3 is 0 Å². The van der Waals surface area contributed by atoms with Crippen LogP contribution in [-0.2, 0) is 6.61 Å². The summed E-state index contributed by atoms with van der Waals surface area (Å²) in [5, 5.41) is 11.1. The number of aromatic nitrogens is 6. The van der Waals surface area contributed by atoms with Crippen LogP contribution in [0.4, 0.5) is 0 Å². The first-order chi connectivity index (χ1) is 14.1. The van der Waals surface area contributed by atoms with Gasteiger partial charge in [0, 0.05) is 23.3 Å². The Labute approximate surface area is 167 Å². The molecule has 0 spiro atoms. The van der Waals surface area contributed by atoms with E-state index in [4.69, 9.17) is 9.72 Å². The molecular formula is C21H20N6O2. The SMILES string of the molecule is CC(C)n1nc(-c2ccc(OCc3ncn[nH]3)nc2-c2ccccc2)ccc1=O. The van der Waals surface area contributed by atoms with Crippen LogP contribution in [0.2, 0.25) is 0 Å². The fourth-order valence-corrected chi connectivity index (χ4v) is 2.93. The van der Waals surface area contributed by atoms with Crippen molar-refractivity contribution in [2.45, 2.75) is 26.5 Å². The summed E-state index contributed by atoms with van der Waals surface area (Å²) < 4.78 is 7.23. The molecule has 3 heterocycles. The van der Waals surface area contributed by atoms with E-state index in [1.807, 2.05) is 50.2 Å². The zero-order chi connectivity index (χ0) is 20.2. The summed E-state index contributed by atoms with van der Waals surface area (Å²) >= 11 is 0. The number of H-pyrrole nitrogens is 1. The molecular weight excluding hydrogens is 368 g/mol. The van der Waals surface area contributed by atoms with Crippen LogP contribution in [0.15, 0.2) is 65.7 Å². The van der Waals surface area contributed by atoms with E-state index in [0.29, 0.717) is 17.4 Å². The third kappa shape index (κ3) is 4.06. The van der Waals surface area contributed by atoms with Gasteiger partial charge in [0.25, 0.3) is 5.56 Å². The number of ether oxygens (including phenoxy) is 1. The van der Waals surface area contributed by atoms with Gasteiger partial charge in [0.15, 0.2) is 5.82 Å². The van der Waals surface area contributed by atoms with Gasteiger partial charge in [-0.3, -0.25) is 9.89 Å². The van der Waals surface area contributed by atoms with Crippen LogP contribution in [0.1, 0.15) is 25.7 Å². The molecule has 146 valence electrons. The van der Waals surface area contributed by atoms with Crippen LogP contribution in [0.3, 0.4) is 0 Å². The molecule has 1 aromatic carbocycles. The number of benzene rings is 1. The summed E-state index contributed by atoms with van der Waals surface area (Å²) in [6, 6.07) is 16.7. The summed E-state index contributed by atoms with van der Waals surface area (Å²) in [6.45, 7) is 4.08. The van der Waals surface area contributed by atoms with E-state index in [1.54, 1.807) is 12.1 Å². The molecule has 0 aliphatic carbocycles. The highest BCUT2D eigenvalue weighted by atomic mass is 16.5. The molecule has 0 atom stereocenters. The van der Waals surface area contributed by atoms with Gasteiger partial charge in [-0.25, -0.2) is 14.6 Å². The Balaban J connectivity index is 1.77. The summed E-state index contributed by atoms with van der Waals surface area (Å²) in [5.74, 6) is 1.07. The molecule has 4 aromatic rings. The zero-order valence-electron chi connectivity index (χ0n) is 16.1. The number of hydrogen-bond donors (Lipinski definition) is 1. The number of aromatic amines is 1. The Morgan fingerprint density at radius 1 is 1.07 bits per heavy atom. The summed E-state index contributed by atoms with van der Waals surface area (Å²) in [4.78, 5) is 20.9. The Morgan fingerprint density at radius 3 is 2.62 bits per heavy atom. The predicted octanol–water partition coefficient (Wildman–Crippen LogP) is 3.25. The largest absolute Gasteiger partial charge is 0.469 e. The van der Waals surface area contributed by atoms with Crippen LogP contribution in [-0.4, -0.2) is 29.9 Å². The highest BCUT2D eigenvalue weighted by Crippen LogP contribution is 2.31. The third-order valence-electron chi connectivity index (χ3n) is 4.33. The average molecular weight is 388 g/mol. The maximum absolute atomic E-state index is 12.1. The van der Waals surface area contributed by atoms with Crippen molar-refractivity contribution in [3.63, 3.8) is 0 Å². The first kappa shape index (κ1) is 18.5. The quantitative estimate of drug-likeness (QED) is 0.544. The van der Waals surface area contributed by atoms with Crippen molar-refractivity contribution in [3.05, 3.63) is 77.1 Å². The molecule has 4 rings (SSSR count). The average Bonchev–Trinajstić information content (AvgIpc) is 3.27. The molecule has 0 fully saturated rings. The van der Waals surface area contributed by atoms with Crippen molar-refractivity contribution in [1.29, 1.82) is 0 Å². The Kier molecular flexibility index (Phi) is 5.15. The number of rotatable bonds is 6. The molecule has 0 aliphatic heterocycles. The molecule has 8 nitrogen and oxygen atoms in total. The van der Waals surface area contributed by atoms with Gasteiger partial charge in [-0.15, -0.1) is 0 Å². The van der Waals surface area contributed by atoms with Gasteiger partial charge in [0.2, 0.25) is 5.88 Å². The molecule has 1 N–H and O–H groups in total. The standard InChI is InChI=1S/C21H20N6O2/c1-14(2)27-20(28)11-9-17(26-27)16-8-10-19(29-12-18-22-13-23-25-18)24-21(16)15-6-4-3-5-7-15/h3-11,13-14H,12H2,1-2H3,(H,22,23,25). The lowest BCUT2D eigenvalue weighted by Gasteiger charge is -2.14. The van der Waals surface area contributed by atoms with Gasteiger partial charge in [0.05, 0.1) is 17.4 Å². The van der Waals surface area contributed by atoms with Crippen molar-refractivity contribution in [3.8, 4) is 28.4 Å². The second-order valence-electron chi connectivity index (χ2n) is 6.73. The normalized spacial score (nSPS) is 11.0. The first-order valence-electron chi connectivity index (χ1n) is 9.25. The van der Waals surface area contributed by atoms with Crippen molar-refractivity contribution >= 4 is 0 Å². The van der Waals surface area contributed by atoms with Crippen molar-refractivity contribution in [2.24, 2.45) is 0 Å². The lowest BCUT2D eigenvalue weighted by molar-refractivity contribution is 0.285. The van der Waals surface area contributed by atoms with Gasteiger partial charge in [-0.05, 0) is 26.0 Å². The molecule has 0 saturated carbocycles. The first-order valence-corrected chi connectivity index (χ1v) is 9.25. The smallest absolute Gasteiger partial charge is 0.267 e. The molecule has 8 heteroatoms. The maximum Gasteiger partial charge on any atom is 0.267 e. The zero-order valence-corrected chi connectivity index (χ0v) is 16.1. The van der Waals surface area contributed by atoms with Crippen LogP contribution in [0, 0.1) is 0 Å². The van der Waals surface area contributed by atoms with E-state index < -0.39 is 0 Å². The Bertz CT molecular complexity index is 1150. The molecule has 0 bridgehead atoms. The van der Waals surface area contributed by atoms with Crippen molar-refractivity contribution in [1.82, 2.24) is 29.9 Å². The number of pyridine rings is 1. The van der Waals surface area contributed by atoms with Crippen molar-refractivity contribution < 1.29 is 4.74 Å². The lowest BCUT2D eigenvalue weighted by atomic mass is 10.0. The second kappa shape index (κ2) is 8.05. The fraction of sp³-hybridized carbons (Fsp3) is 0.190. The Morgan fingerprint density at radius 2 is 1.90 bits per heavy atom. The molecule has 29 heavy (non-hydrogen) atoms. The van der Waals surface area contributed by atoms with E-state index in [-0.39, 0.29) is 18.2 Å². The molecule has 0 radical (unpaired) electrons. The van der Waals surface area contributed by atoms with E-state index >= 15 is 0 Å². The second-order valence-corrected chi connectivity index (χ2v) is 6.73. The van der Waals surface area contributed by atoms with Gasteiger partial charge in [-0.1, -0.05) is 30.3 Å².